The predicted molar refractivity (Wildman–Crippen MR) is 163 cm³/mol. The van der Waals surface area contributed by atoms with Gasteiger partial charge in [-0.1, -0.05) is 14.9 Å². The van der Waals surface area contributed by atoms with Gasteiger partial charge < -0.3 is 30.8 Å². The second-order valence-electron chi connectivity index (χ2n) is 7.64. The minimum atomic E-state index is -1.32. The van der Waals surface area contributed by atoms with Gasteiger partial charge >= 0.3 is 5.97 Å². The second-order valence-corrected chi connectivity index (χ2v) is 9.35. The number of halogens is 5. The van der Waals surface area contributed by atoms with Gasteiger partial charge in [0.15, 0.2) is 6.04 Å². The highest BCUT2D eigenvalue weighted by Gasteiger charge is 2.27. The number of amides is 3. The van der Waals surface area contributed by atoms with Gasteiger partial charge in [0, 0.05) is 11.1 Å². The zero-order valence-corrected chi connectivity index (χ0v) is 25.6. The second kappa shape index (κ2) is 23.7. The highest BCUT2D eigenvalue weighted by atomic mass is 79.9. The molecule has 4 atom stereocenters. The summed E-state index contributed by atoms with van der Waals surface area (Å²) in [6, 6.07) is 4.72. The molecule has 246 valence electrons. The number of hydroxylamine groups is 1. The summed E-state index contributed by atoms with van der Waals surface area (Å²) in [4.78, 5) is 46.3. The summed E-state index contributed by atoms with van der Waals surface area (Å²) in [6.07, 6.45) is -2.32. The summed E-state index contributed by atoms with van der Waals surface area (Å²) in [5, 5.41) is 38.3. The number of benzene rings is 2. The number of nitrogens with one attached hydrogen (secondary N) is 3. The van der Waals surface area contributed by atoms with Crippen molar-refractivity contribution in [3.8, 4) is 0 Å². The Morgan fingerprint density at radius 3 is 1.44 bits per heavy atom. The van der Waals surface area contributed by atoms with E-state index in [9.17, 15) is 38.2 Å². The third-order valence-electron chi connectivity index (χ3n) is 4.75. The first kappa shape index (κ1) is 47.2. The average Bonchev–Trinajstić information content (AvgIpc) is 2.93. The van der Waals surface area contributed by atoms with Crippen molar-refractivity contribution in [1.29, 1.82) is 0 Å². The lowest BCUT2D eigenvalue weighted by Crippen LogP contribution is -2.51. The van der Waals surface area contributed by atoms with Crippen LogP contribution >= 0.6 is 44.3 Å². The molecule has 3 amide bonds. The Labute approximate surface area is 270 Å². The smallest absolute Gasteiger partial charge is 0.331 e. The Morgan fingerprint density at radius 1 is 0.814 bits per heavy atom. The number of hydrogen-bond donors (Lipinski definition) is 8. The summed E-state index contributed by atoms with van der Waals surface area (Å²) < 4.78 is 30.8. The molecule has 0 radical (unpaired) electrons. The van der Waals surface area contributed by atoms with E-state index in [0.717, 1.165) is 19.2 Å². The van der Waals surface area contributed by atoms with E-state index in [1.165, 1.54) is 43.6 Å². The zero-order valence-electron chi connectivity index (χ0n) is 21.6. The summed E-state index contributed by atoms with van der Waals surface area (Å²) in [7, 11) is 1.15. The van der Waals surface area contributed by atoms with Crippen molar-refractivity contribution in [1.82, 2.24) is 16.1 Å². The third kappa shape index (κ3) is 15.5. The van der Waals surface area contributed by atoms with E-state index in [1.54, 1.807) is 0 Å². The first-order valence-electron chi connectivity index (χ1n) is 10.9. The molecule has 2 rings (SSSR count). The summed E-state index contributed by atoms with van der Waals surface area (Å²) in [6.45, 7) is 2.63. The molecular weight excluding hydrogens is 734 g/mol. The van der Waals surface area contributed by atoms with Crippen LogP contribution in [-0.4, -0.2) is 75.7 Å². The average molecular weight is 771 g/mol. The summed E-state index contributed by atoms with van der Waals surface area (Å²) in [5.74, 6) is -0.547. The van der Waals surface area contributed by atoms with E-state index in [2.05, 4.69) is 53.1 Å². The number of ether oxygens (including phenoxy) is 1. The Kier molecular flexibility index (Phi) is 26.0. The van der Waals surface area contributed by atoms with E-state index in [0.29, 0.717) is 0 Å². The van der Waals surface area contributed by atoms with E-state index in [-0.39, 0.29) is 47.3 Å². The molecule has 13 nitrogen and oxygen atoms in total. The molecule has 0 bridgehead atoms. The van der Waals surface area contributed by atoms with Crippen LogP contribution in [0.25, 0.3) is 0 Å². The highest BCUT2D eigenvalue weighted by molar-refractivity contribution is 9.10. The standard InChI is InChI=1S/C12H13BrFNO4.C11H12BrFN2O4.2CH4.ClH.H3NO/c1-6(16)10(12(18)19-2)15-11(17)7-3-4-9(14)8(13)5-7;1-5(16)9(11(18)15-19)14-10(17)6-2-3-8(13)7(12)4-6;;;;1-2/h3-6,10,16H,1-2H3,(H,15,17);2-5,9,16,19H,1H3,(H,14,17)(H,15,18);2*1H4;1H;2H,1H2/t6-,10+;5-,9+;;;;/m11..../s1. The molecule has 0 unspecified atom stereocenters. The number of rotatable bonds is 8. The number of hydrogen-bond acceptors (Lipinski definition) is 10. The molecule has 0 fully saturated rings. The van der Waals surface area contributed by atoms with Gasteiger partial charge in [0.05, 0.1) is 28.3 Å². The number of aliphatic hydroxyl groups excluding tert-OH is 2. The number of carbonyl (C=O) groups excluding carboxylic acids is 4. The molecule has 0 aliphatic rings. The zero-order chi connectivity index (χ0) is 31.2. The van der Waals surface area contributed by atoms with Crippen molar-refractivity contribution in [3.63, 3.8) is 0 Å². The van der Waals surface area contributed by atoms with Crippen molar-refractivity contribution in [3.05, 3.63) is 68.1 Å². The molecule has 43 heavy (non-hydrogen) atoms. The van der Waals surface area contributed by atoms with Crippen LogP contribution < -0.4 is 22.0 Å². The quantitative estimate of drug-likeness (QED) is 0.111. The van der Waals surface area contributed by atoms with E-state index >= 15 is 0 Å². The van der Waals surface area contributed by atoms with Gasteiger partial charge in [-0.05, 0) is 82.1 Å². The van der Waals surface area contributed by atoms with Crippen molar-refractivity contribution in [2.75, 3.05) is 7.11 Å². The van der Waals surface area contributed by atoms with Gasteiger partial charge in [-0.2, -0.15) is 0 Å². The van der Waals surface area contributed by atoms with Gasteiger partial charge in [0.25, 0.3) is 17.7 Å². The lowest BCUT2D eigenvalue weighted by atomic mass is 10.1. The number of esters is 1. The molecule has 2 aromatic carbocycles. The Morgan fingerprint density at radius 2 is 1.16 bits per heavy atom. The fraction of sp³-hybridized carbons (Fsp3) is 0.360. The first-order valence-corrected chi connectivity index (χ1v) is 12.5. The molecular formula is C25H37Br2ClF2N4O9. The van der Waals surface area contributed by atoms with Gasteiger partial charge in [0.1, 0.15) is 17.7 Å². The molecule has 2 aromatic rings. The maximum absolute atomic E-state index is 13.0. The lowest BCUT2D eigenvalue weighted by molar-refractivity contribution is -0.145. The van der Waals surface area contributed by atoms with Crippen LogP contribution in [0.2, 0.25) is 0 Å². The fourth-order valence-electron chi connectivity index (χ4n) is 2.70. The van der Waals surface area contributed by atoms with Crippen molar-refractivity contribution < 1.29 is 53.3 Å². The van der Waals surface area contributed by atoms with Crippen LogP contribution in [0.5, 0.6) is 0 Å². The SMILES string of the molecule is C.C.COC(=O)[C@@H](NC(=O)c1ccc(F)c(Br)c1)[C@@H](C)O.C[C@@H](O)[C@H](NC(=O)c1ccc(F)c(Br)c1)C(=O)NO.Cl.NO. The van der Waals surface area contributed by atoms with Gasteiger partial charge in [-0.15, -0.1) is 12.4 Å². The number of aliphatic hydroxyl groups is 2. The van der Waals surface area contributed by atoms with Crippen LogP contribution in [0.4, 0.5) is 8.78 Å². The lowest BCUT2D eigenvalue weighted by Gasteiger charge is -2.19. The molecule has 9 N–H and O–H groups in total. The van der Waals surface area contributed by atoms with Crippen molar-refractivity contribution in [2.45, 2.75) is 53.0 Å². The largest absolute Gasteiger partial charge is 0.467 e. The maximum atomic E-state index is 13.0. The minimum Gasteiger partial charge on any atom is -0.467 e. The highest BCUT2D eigenvalue weighted by Crippen LogP contribution is 2.18. The molecule has 0 aliphatic heterocycles. The van der Waals surface area contributed by atoms with Gasteiger partial charge in [0.2, 0.25) is 0 Å². The van der Waals surface area contributed by atoms with Crippen LogP contribution in [0.3, 0.4) is 0 Å². The monoisotopic (exact) mass is 768 g/mol. The topological polar surface area (TPSA) is 221 Å². The van der Waals surface area contributed by atoms with Crippen LogP contribution in [0.15, 0.2) is 45.3 Å². The van der Waals surface area contributed by atoms with Crippen molar-refractivity contribution in [2.24, 2.45) is 5.90 Å². The van der Waals surface area contributed by atoms with Crippen LogP contribution in [-0.2, 0) is 14.3 Å². The normalized spacial score (nSPS) is 12.1. The fourth-order valence-corrected chi connectivity index (χ4v) is 3.46. The molecule has 0 heterocycles. The first-order chi connectivity index (χ1) is 18.7. The molecule has 0 spiro atoms. The van der Waals surface area contributed by atoms with Gasteiger partial charge in [-0.25, -0.2) is 25.0 Å². The predicted octanol–water partition coefficient (Wildman–Crippen LogP) is 2.84. The third-order valence-corrected chi connectivity index (χ3v) is 5.96. The molecule has 0 saturated heterocycles. The number of carbonyl (C=O) groups is 4. The Bertz CT molecular complexity index is 1090. The molecule has 0 saturated carbocycles. The van der Waals surface area contributed by atoms with E-state index in [1.807, 2.05) is 0 Å². The molecule has 0 aliphatic carbocycles. The summed E-state index contributed by atoms with van der Waals surface area (Å²) >= 11 is 5.88. The minimum absolute atomic E-state index is 0. The summed E-state index contributed by atoms with van der Waals surface area (Å²) in [5.41, 5.74) is 1.60. The Hall–Kier alpha value is -2.77. The molecule has 18 heteroatoms. The number of nitrogens with two attached hydrogens (primary N) is 1. The van der Waals surface area contributed by atoms with Crippen LogP contribution in [0, 0.1) is 11.6 Å². The van der Waals surface area contributed by atoms with E-state index < -0.39 is 59.6 Å². The molecule has 0 aromatic heterocycles. The Balaban J connectivity index is -0.000000314. The van der Waals surface area contributed by atoms with Crippen molar-refractivity contribution >= 4 is 68.0 Å². The van der Waals surface area contributed by atoms with Gasteiger partial charge in [-0.3, -0.25) is 19.6 Å². The maximum Gasteiger partial charge on any atom is 0.331 e. The number of methoxy groups -OCH3 is 1. The van der Waals surface area contributed by atoms with E-state index in [4.69, 9.17) is 10.4 Å². The van der Waals surface area contributed by atoms with Crippen LogP contribution in [0.1, 0.15) is 49.4 Å².